The highest BCUT2D eigenvalue weighted by Crippen LogP contribution is 2.22. The molecule has 0 fully saturated rings. The lowest BCUT2D eigenvalue weighted by atomic mass is 10.2. The molecule has 0 atom stereocenters. The van der Waals surface area contributed by atoms with Crippen molar-refractivity contribution in [2.45, 2.75) is 0 Å². The molecule has 0 bridgehead atoms. The fourth-order valence-electron chi connectivity index (χ4n) is 1.73. The fraction of sp³-hybridized carbons (Fsp3) is 0. The van der Waals surface area contributed by atoms with Crippen molar-refractivity contribution in [3.05, 3.63) is 47.7 Å². The molecule has 6 heteroatoms. The predicted molar refractivity (Wildman–Crippen MR) is 76.2 cm³/mol. The molecule has 0 saturated carbocycles. The monoisotopic (exact) mass is 270 g/mol. The Hall–Kier alpha value is -2.47. The smallest absolute Gasteiger partial charge is 0.276 e. The Morgan fingerprint density at radius 3 is 3.00 bits per heavy atom. The van der Waals surface area contributed by atoms with Crippen molar-refractivity contribution in [2.24, 2.45) is 0 Å². The lowest BCUT2D eigenvalue weighted by Gasteiger charge is -2.06. The van der Waals surface area contributed by atoms with Gasteiger partial charge in [-0.15, -0.1) is 11.3 Å². The topological polar surface area (TPSA) is 80.9 Å². The van der Waals surface area contributed by atoms with Crippen molar-refractivity contribution in [3.63, 3.8) is 0 Å². The van der Waals surface area contributed by atoms with Gasteiger partial charge in [0.05, 0.1) is 21.4 Å². The Bertz CT molecular complexity index is 753. The third kappa shape index (κ3) is 2.25. The number of aromatic nitrogens is 2. The SMILES string of the molecule is Nc1cccnc1C(=O)Nc1ccc2ncsc2c1. The van der Waals surface area contributed by atoms with E-state index in [-0.39, 0.29) is 11.6 Å². The summed E-state index contributed by atoms with van der Waals surface area (Å²) in [5, 5.41) is 2.78. The molecule has 0 aliphatic rings. The zero-order chi connectivity index (χ0) is 13.2. The number of fused-ring (bicyclic) bond motifs is 1. The average molecular weight is 270 g/mol. The van der Waals surface area contributed by atoms with Crippen LogP contribution in [0.2, 0.25) is 0 Å². The van der Waals surface area contributed by atoms with E-state index in [1.54, 1.807) is 23.7 Å². The zero-order valence-corrected chi connectivity index (χ0v) is 10.6. The van der Waals surface area contributed by atoms with Crippen LogP contribution >= 0.6 is 11.3 Å². The van der Waals surface area contributed by atoms with Gasteiger partial charge in [0.25, 0.3) is 5.91 Å². The highest BCUT2D eigenvalue weighted by Gasteiger charge is 2.11. The first-order valence-electron chi connectivity index (χ1n) is 5.59. The first-order chi connectivity index (χ1) is 9.24. The van der Waals surface area contributed by atoms with Gasteiger partial charge in [-0.25, -0.2) is 9.97 Å². The third-order valence-electron chi connectivity index (χ3n) is 2.64. The van der Waals surface area contributed by atoms with E-state index in [2.05, 4.69) is 15.3 Å². The number of nitrogens with zero attached hydrogens (tertiary/aromatic N) is 2. The zero-order valence-electron chi connectivity index (χ0n) is 9.83. The van der Waals surface area contributed by atoms with Crippen molar-refractivity contribution >= 4 is 38.8 Å². The van der Waals surface area contributed by atoms with Gasteiger partial charge in [0, 0.05) is 11.9 Å². The average Bonchev–Trinajstić information content (AvgIpc) is 2.86. The summed E-state index contributed by atoms with van der Waals surface area (Å²) in [5.41, 5.74) is 9.70. The molecule has 2 aromatic heterocycles. The summed E-state index contributed by atoms with van der Waals surface area (Å²) in [6.45, 7) is 0. The van der Waals surface area contributed by atoms with E-state index in [0.717, 1.165) is 10.2 Å². The van der Waals surface area contributed by atoms with Crippen LogP contribution in [-0.4, -0.2) is 15.9 Å². The molecule has 3 N–H and O–H groups in total. The van der Waals surface area contributed by atoms with E-state index in [1.165, 1.54) is 17.5 Å². The number of hydrogen-bond donors (Lipinski definition) is 2. The first kappa shape index (κ1) is 11.6. The van der Waals surface area contributed by atoms with Crippen LogP contribution < -0.4 is 11.1 Å². The molecular formula is C13H10N4OS. The van der Waals surface area contributed by atoms with E-state index in [0.29, 0.717) is 11.4 Å². The van der Waals surface area contributed by atoms with Gasteiger partial charge in [0.1, 0.15) is 0 Å². The summed E-state index contributed by atoms with van der Waals surface area (Å²) in [4.78, 5) is 20.2. The van der Waals surface area contributed by atoms with Gasteiger partial charge in [-0.05, 0) is 30.3 Å². The number of thiazole rings is 1. The van der Waals surface area contributed by atoms with Crippen molar-refractivity contribution in [1.82, 2.24) is 9.97 Å². The highest BCUT2D eigenvalue weighted by molar-refractivity contribution is 7.16. The second-order valence-electron chi connectivity index (χ2n) is 3.93. The molecule has 0 saturated heterocycles. The molecular weight excluding hydrogens is 260 g/mol. The molecule has 19 heavy (non-hydrogen) atoms. The molecule has 94 valence electrons. The van der Waals surface area contributed by atoms with Gasteiger partial charge in [0.2, 0.25) is 0 Å². The quantitative estimate of drug-likeness (QED) is 0.749. The summed E-state index contributed by atoms with van der Waals surface area (Å²) in [7, 11) is 0. The summed E-state index contributed by atoms with van der Waals surface area (Å²) < 4.78 is 1.02. The van der Waals surface area contributed by atoms with E-state index in [1.807, 2.05) is 12.1 Å². The predicted octanol–water partition coefficient (Wildman–Crippen LogP) is 2.53. The van der Waals surface area contributed by atoms with Gasteiger partial charge in [0.15, 0.2) is 5.69 Å². The molecule has 1 amide bonds. The molecule has 0 unspecified atom stereocenters. The maximum absolute atomic E-state index is 12.0. The fourth-order valence-corrected chi connectivity index (χ4v) is 2.45. The number of nitrogen functional groups attached to an aromatic ring is 1. The Labute approximate surface area is 113 Å². The maximum Gasteiger partial charge on any atom is 0.276 e. The molecule has 5 nitrogen and oxygen atoms in total. The summed E-state index contributed by atoms with van der Waals surface area (Å²) in [5.74, 6) is -0.318. The van der Waals surface area contributed by atoms with Crippen LogP contribution in [0.25, 0.3) is 10.2 Å². The van der Waals surface area contributed by atoms with Crippen LogP contribution in [0.15, 0.2) is 42.0 Å². The molecule has 0 radical (unpaired) electrons. The number of amides is 1. The van der Waals surface area contributed by atoms with Gasteiger partial charge >= 0.3 is 0 Å². The Kier molecular flexibility index (Phi) is 2.85. The number of anilines is 2. The van der Waals surface area contributed by atoms with Gasteiger partial charge < -0.3 is 11.1 Å². The summed E-state index contributed by atoms with van der Waals surface area (Å²) in [6.07, 6.45) is 1.54. The third-order valence-corrected chi connectivity index (χ3v) is 3.43. The minimum absolute atomic E-state index is 0.229. The number of hydrogen-bond acceptors (Lipinski definition) is 5. The molecule has 0 spiro atoms. The standard InChI is InChI=1S/C13H10N4OS/c14-9-2-1-5-15-12(9)13(18)17-8-3-4-10-11(6-8)19-7-16-10/h1-7H,14H2,(H,17,18). The van der Waals surface area contributed by atoms with Crippen LogP contribution in [0.4, 0.5) is 11.4 Å². The summed E-state index contributed by atoms with van der Waals surface area (Å²) in [6, 6.07) is 8.89. The molecule has 2 heterocycles. The van der Waals surface area contributed by atoms with Crippen LogP contribution in [0.1, 0.15) is 10.5 Å². The second-order valence-corrected chi connectivity index (χ2v) is 4.82. The van der Waals surface area contributed by atoms with Crippen molar-refractivity contribution in [2.75, 3.05) is 11.1 Å². The number of nitrogens with one attached hydrogen (secondary N) is 1. The van der Waals surface area contributed by atoms with E-state index >= 15 is 0 Å². The van der Waals surface area contributed by atoms with Crippen LogP contribution in [0.5, 0.6) is 0 Å². The highest BCUT2D eigenvalue weighted by atomic mass is 32.1. The van der Waals surface area contributed by atoms with E-state index in [9.17, 15) is 4.79 Å². The normalized spacial score (nSPS) is 10.5. The van der Waals surface area contributed by atoms with Gasteiger partial charge in [-0.1, -0.05) is 0 Å². The molecule has 0 aliphatic carbocycles. The number of carbonyl (C=O) groups excluding carboxylic acids is 1. The Balaban J connectivity index is 1.88. The minimum atomic E-state index is -0.318. The Morgan fingerprint density at radius 1 is 1.26 bits per heavy atom. The van der Waals surface area contributed by atoms with Crippen LogP contribution in [0.3, 0.4) is 0 Å². The number of pyridine rings is 1. The van der Waals surface area contributed by atoms with Crippen molar-refractivity contribution < 1.29 is 4.79 Å². The number of nitrogens with two attached hydrogens (primary N) is 1. The van der Waals surface area contributed by atoms with E-state index in [4.69, 9.17) is 5.73 Å². The van der Waals surface area contributed by atoms with Crippen molar-refractivity contribution in [1.29, 1.82) is 0 Å². The van der Waals surface area contributed by atoms with Crippen LogP contribution in [0, 0.1) is 0 Å². The number of benzene rings is 1. The lowest BCUT2D eigenvalue weighted by Crippen LogP contribution is -2.15. The Morgan fingerprint density at radius 2 is 2.16 bits per heavy atom. The number of carbonyl (C=O) groups is 1. The molecule has 3 aromatic rings. The summed E-state index contributed by atoms with van der Waals surface area (Å²) >= 11 is 1.52. The van der Waals surface area contributed by atoms with E-state index < -0.39 is 0 Å². The maximum atomic E-state index is 12.0. The first-order valence-corrected chi connectivity index (χ1v) is 6.47. The molecule has 0 aliphatic heterocycles. The second kappa shape index (κ2) is 4.66. The molecule has 1 aromatic carbocycles. The van der Waals surface area contributed by atoms with Gasteiger partial charge in [-0.3, -0.25) is 4.79 Å². The lowest BCUT2D eigenvalue weighted by molar-refractivity contribution is 0.102. The van der Waals surface area contributed by atoms with Crippen molar-refractivity contribution in [3.8, 4) is 0 Å². The van der Waals surface area contributed by atoms with Gasteiger partial charge in [-0.2, -0.15) is 0 Å². The minimum Gasteiger partial charge on any atom is -0.397 e. The number of rotatable bonds is 2. The van der Waals surface area contributed by atoms with Crippen LogP contribution in [-0.2, 0) is 0 Å². The largest absolute Gasteiger partial charge is 0.397 e. The molecule has 3 rings (SSSR count).